The topological polar surface area (TPSA) is 125 Å². The van der Waals surface area contributed by atoms with Crippen LogP contribution in [0.25, 0.3) is 11.5 Å². The molecule has 1 aromatic carbocycles. The molecule has 11 heteroatoms. The number of aryl methyl sites for hydroxylation is 3. The zero-order valence-electron chi connectivity index (χ0n) is 17.1. The molecule has 3 heterocycles. The Morgan fingerprint density at radius 2 is 2.07 bits per heavy atom. The second-order valence-corrected chi connectivity index (χ2v) is 6.81. The van der Waals surface area contributed by atoms with Gasteiger partial charge in [-0.1, -0.05) is 0 Å². The minimum absolute atomic E-state index is 0.114. The van der Waals surface area contributed by atoms with Crippen LogP contribution in [0.1, 0.15) is 29.2 Å². The van der Waals surface area contributed by atoms with Crippen LogP contribution in [0.4, 0.5) is 5.69 Å². The molecule has 3 aromatic heterocycles. The monoisotopic (exact) mass is 407 g/mol. The number of methoxy groups -OCH3 is 1. The second kappa shape index (κ2) is 7.85. The van der Waals surface area contributed by atoms with Gasteiger partial charge in [0, 0.05) is 23.5 Å². The number of aromatic nitrogens is 8. The third-order valence-electron chi connectivity index (χ3n) is 4.91. The number of ether oxygens (including phenoxy) is 1. The molecule has 0 saturated heterocycles. The standard InChI is InChI=1S/C19H21N9O2/c1-11-15(12(2)27-19(22-11)20-10-21-27)6-8-18(29)23-14-5-7-17(30-4)16(9-14)28-13(3)24-25-26-28/h5,7,9-10H,6,8H2,1-4H3,(H,23,29). The molecule has 154 valence electrons. The molecular weight excluding hydrogens is 386 g/mol. The van der Waals surface area contributed by atoms with Gasteiger partial charge < -0.3 is 10.1 Å². The molecule has 4 rings (SSSR count). The molecule has 1 N–H and O–H groups in total. The highest BCUT2D eigenvalue weighted by Gasteiger charge is 2.15. The maximum absolute atomic E-state index is 12.6. The van der Waals surface area contributed by atoms with Crippen molar-refractivity contribution >= 4 is 17.4 Å². The van der Waals surface area contributed by atoms with Crippen molar-refractivity contribution in [3.8, 4) is 11.4 Å². The van der Waals surface area contributed by atoms with Gasteiger partial charge in [-0.05, 0) is 61.4 Å². The van der Waals surface area contributed by atoms with E-state index >= 15 is 0 Å². The van der Waals surface area contributed by atoms with Gasteiger partial charge in [-0.15, -0.1) is 5.10 Å². The highest BCUT2D eigenvalue weighted by molar-refractivity contribution is 5.91. The Labute approximate surface area is 172 Å². The molecule has 1 amide bonds. The molecule has 0 unspecified atom stereocenters. The average molecular weight is 407 g/mol. The fraction of sp³-hybridized carbons (Fsp3) is 0.316. The van der Waals surface area contributed by atoms with E-state index in [0.29, 0.717) is 41.6 Å². The number of nitrogens with one attached hydrogen (secondary N) is 1. The van der Waals surface area contributed by atoms with Crippen LogP contribution in [0.5, 0.6) is 5.75 Å². The molecule has 30 heavy (non-hydrogen) atoms. The first-order valence-corrected chi connectivity index (χ1v) is 9.37. The van der Waals surface area contributed by atoms with E-state index in [1.807, 2.05) is 13.8 Å². The molecule has 0 bridgehead atoms. The molecule has 0 aliphatic heterocycles. The summed E-state index contributed by atoms with van der Waals surface area (Å²) in [5.74, 6) is 1.65. The van der Waals surface area contributed by atoms with Crippen molar-refractivity contribution in [1.29, 1.82) is 0 Å². The number of rotatable bonds is 6. The van der Waals surface area contributed by atoms with Gasteiger partial charge in [0.15, 0.2) is 5.82 Å². The first kappa shape index (κ1) is 19.4. The van der Waals surface area contributed by atoms with Gasteiger partial charge in [-0.25, -0.2) is 9.50 Å². The molecule has 0 saturated carbocycles. The summed E-state index contributed by atoms with van der Waals surface area (Å²) in [6.45, 7) is 5.66. The number of benzene rings is 1. The van der Waals surface area contributed by atoms with Crippen molar-refractivity contribution in [3.63, 3.8) is 0 Å². The highest BCUT2D eigenvalue weighted by atomic mass is 16.5. The predicted molar refractivity (Wildman–Crippen MR) is 108 cm³/mol. The summed E-state index contributed by atoms with van der Waals surface area (Å²) in [5, 5.41) is 18.6. The number of anilines is 1. The van der Waals surface area contributed by atoms with Gasteiger partial charge in [0.25, 0.3) is 5.78 Å². The number of carbonyl (C=O) groups is 1. The lowest BCUT2D eigenvalue weighted by Gasteiger charge is -2.13. The SMILES string of the molecule is COc1ccc(NC(=O)CCc2c(C)nc3ncnn3c2C)cc1-n1nnnc1C. The van der Waals surface area contributed by atoms with Gasteiger partial charge in [0.2, 0.25) is 5.91 Å². The third-order valence-corrected chi connectivity index (χ3v) is 4.91. The lowest BCUT2D eigenvalue weighted by atomic mass is 10.1. The maximum Gasteiger partial charge on any atom is 0.252 e. The van der Waals surface area contributed by atoms with E-state index in [1.54, 1.807) is 41.4 Å². The molecule has 0 atom stereocenters. The van der Waals surface area contributed by atoms with Gasteiger partial charge >= 0.3 is 0 Å². The normalized spacial score (nSPS) is 11.1. The second-order valence-electron chi connectivity index (χ2n) is 6.81. The van der Waals surface area contributed by atoms with E-state index in [0.717, 1.165) is 17.0 Å². The Morgan fingerprint density at radius 3 is 2.80 bits per heavy atom. The fourth-order valence-electron chi connectivity index (χ4n) is 3.37. The predicted octanol–water partition coefficient (Wildman–Crippen LogP) is 1.61. The zero-order valence-corrected chi connectivity index (χ0v) is 17.1. The molecule has 11 nitrogen and oxygen atoms in total. The third kappa shape index (κ3) is 3.56. The minimum Gasteiger partial charge on any atom is -0.494 e. The van der Waals surface area contributed by atoms with Crippen molar-refractivity contribution < 1.29 is 9.53 Å². The largest absolute Gasteiger partial charge is 0.494 e. The smallest absolute Gasteiger partial charge is 0.252 e. The van der Waals surface area contributed by atoms with E-state index in [2.05, 4.69) is 35.9 Å². The van der Waals surface area contributed by atoms with Crippen molar-refractivity contribution in [1.82, 2.24) is 39.8 Å². The van der Waals surface area contributed by atoms with Crippen LogP contribution in [0.2, 0.25) is 0 Å². The summed E-state index contributed by atoms with van der Waals surface area (Å²) >= 11 is 0. The molecule has 0 fully saturated rings. The zero-order chi connectivity index (χ0) is 21.3. The summed E-state index contributed by atoms with van der Waals surface area (Å²) in [6.07, 6.45) is 2.31. The van der Waals surface area contributed by atoms with Crippen LogP contribution in [-0.4, -0.2) is 52.8 Å². The number of carbonyl (C=O) groups excluding carboxylic acids is 1. The number of hydrogen-bond acceptors (Lipinski definition) is 8. The number of hydrogen-bond donors (Lipinski definition) is 1. The Morgan fingerprint density at radius 1 is 1.23 bits per heavy atom. The summed E-state index contributed by atoms with van der Waals surface area (Å²) < 4.78 is 8.64. The van der Waals surface area contributed by atoms with Crippen molar-refractivity contribution in [2.75, 3.05) is 12.4 Å². The summed E-state index contributed by atoms with van der Waals surface area (Å²) in [6, 6.07) is 5.32. The molecule has 0 aliphatic rings. The number of fused-ring (bicyclic) bond motifs is 1. The Hall–Kier alpha value is -3.89. The van der Waals surface area contributed by atoms with Crippen molar-refractivity contribution in [3.05, 3.63) is 47.3 Å². The van der Waals surface area contributed by atoms with Crippen LogP contribution < -0.4 is 10.1 Å². The number of amides is 1. The van der Waals surface area contributed by atoms with Gasteiger partial charge in [0.1, 0.15) is 17.8 Å². The lowest BCUT2D eigenvalue weighted by molar-refractivity contribution is -0.116. The van der Waals surface area contributed by atoms with Crippen molar-refractivity contribution in [2.24, 2.45) is 0 Å². The lowest BCUT2D eigenvalue weighted by Crippen LogP contribution is -2.15. The van der Waals surface area contributed by atoms with Gasteiger partial charge in [-0.2, -0.15) is 14.8 Å². The first-order chi connectivity index (χ1) is 14.5. The highest BCUT2D eigenvalue weighted by Crippen LogP contribution is 2.26. The Balaban J connectivity index is 1.50. The van der Waals surface area contributed by atoms with Crippen LogP contribution in [0, 0.1) is 20.8 Å². The van der Waals surface area contributed by atoms with Crippen molar-refractivity contribution in [2.45, 2.75) is 33.6 Å². The van der Waals surface area contributed by atoms with E-state index in [1.165, 1.54) is 6.33 Å². The van der Waals surface area contributed by atoms with Crippen LogP contribution >= 0.6 is 0 Å². The minimum atomic E-state index is -0.114. The van der Waals surface area contributed by atoms with E-state index in [-0.39, 0.29) is 5.91 Å². The molecule has 4 aromatic rings. The van der Waals surface area contributed by atoms with Gasteiger partial charge in [0.05, 0.1) is 7.11 Å². The van der Waals surface area contributed by atoms with Crippen LogP contribution in [0.15, 0.2) is 24.5 Å². The van der Waals surface area contributed by atoms with E-state index in [4.69, 9.17) is 4.74 Å². The van der Waals surface area contributed by atoms with E-state index < -0.39 is 0 Å². The average Bonchev–Trinajstić information content (AvgIpc) is 3.36. The number of tetrazole rings is 1. The van der Waals surface area contributed by atoms with Crippen LogP contribution in [-0.2, 0) is 11.2 Å². The van der Waals surface area contributed by atoms with E-state index in [9.17, 15) is 4.79 Å². The van der Waals surface area contributed by atoms with Crippen LogP contribution in [0.3, 0.4) is 0 Å². The summed E-state index contributed by atoms with van der Waals surface area (Å²) in [4.78, 5) is 21.2. The molecule has 0 aliphatic carbocycles. The summed E-state index contributed by atoms with van der Waals surface area (Å²) in [5.41, 5.74) is 4.04. The summed E-state index contributed by atoms with van der Waals surface area (Å²) in [7, 11) is 1.57. The quantitative estimate of drug-likeness (QED) is 0.511. The first-order valence-electron chi connectivity index (χ1n) is 9.37. The maximum atomic E-state index is 12.6. The molecule has 0 spiro atoms. The Bertz CT molecular complexity index is 1230. The Kier molecular flexibility index (Phi) is 5.09. The fourth-order valence-corrected chi connectivity index (χ4v) is 3.37. The number of nitrogens with zero attached hydrogens (tertiary/aromatic N) is 8. The molecular formula is C19H21N9O2. The molecule has 0 radical (unpaired) electrons. The van der Waals surface area contributed by atoms with Gasteiger partial charge in [-0.3, -0.25) is 4.79 Å².